The second-order valence-electron chi connectivity index (χ2n) is 8.53. The van der Waals surface area contributed by atoms with Crippen LogP contribution >= 0.6 is 0 Å². The number of anilines is 2. The third kappa shape index (κ3) is 5.51. The fourth-order valence-electron chi connectivity index (χ4n) is 4.64. The van der Waals surface area contributed by atoms with Crippen LogP contribution in [0.25, 0.3) is 0 Å². The molecule has 0 saturated heterocycles. The molecule has 2 heteroatoms. The Morgan fingerprint density at radius 3 is 1.26 bits per heavy atom. The minimum Gasteiger partial charge on any atom is -0.382 e. The smallest absolute Gasteiger partial charge is 0.0342 e. The predicted octanol–water partition coefficient (Wildman–Crippen LogP) is 6.77. The quantitative estimate of drug-likeness (QED) is 0.593. The maximum absolute atomic E-state index is 3.71. The van der Waals surface area contributed by atoms with Crippen LogP contribution in [0.4, 0.5) is 11.4 Å². The lowest BCUT2D eigenvalue weighted by Gasteiger charge is -2.24. The summed E-state index contributed by atoms with van der Waals surface area (Å²) in [5, 5.41) is 7.42. The normalized spacial score (nSPS) is 19.0. The highest BCUT2D eigenvalue weighted by atomic mass is 14.9. The van der Waals surface area contributed by atoms with E-state index in [4.69, 9.17) is 0 Å². The van der Waals surface area contributed by atoms with Gasteiger partial charge in [0.15, 0.2) is 0 Å². The molecule has 27 heavy (non-hydrogen) atoms. The van der Waals surface area contributed by atoms with Crippen molar-refractivity contribution in [1.82, 2.24) is 0 Å². The first-order chi connectivity index (χ1) is 13.3. The van der Waals surface area contributed by atoms with Gasteiger partial charge in [0, 0.05) is 23.5 Å². The molecule has 0 aliphatic heterocycles. The fourth-order valence-corrected chi connectivity index (χ4v) is 4.64. The van der Waals surface area contributed by atoms with E-state index in [1.807, 2.05) is 0 Å². The first kappa shape index (κ1) is 18.4. The second-order valence-corrected chi connectivity index (χ2v) is 8.53. The van der Waals surface area contributed by atoms with Crippen LogP contribution in [0.5, 0.6) is 0 Å². The van der Waals surface area contributed by atoms with E-state index in [0.717, 1.165) is 6.42 Å². The van der Waals surface area contributed by atoms with E-state index in [-0.39, 0.29) is 0 Å². The standard InChI is InChI=1S/C25H34N2/c1-3-7-22(8-4-1)26-24-15-11-20(12-16-24)19-21-13-17-25(18-14-21)27-23-9-5-2-6-10-23/h11-18,22-23,26-27H,1-10,19H2. The molecule has 2 aliphatic carbocycles. The molecule has 4 rings (SSSR count). The van der Waals surface area contributed by atoms with E-state index < -0.39 is 0 Å². The van der Waals surface area contributed by atoms with Crippen molar-refractivity contribution in [2.45, 2.75) is 82.7 Å². The molecule has 2 saturated carbocycles. The number of rotatable bonds is 6. The van der Waals surface area contributed by atoms with Crippen molar-refractivity contribution in [1.29, 1.82) is 0 Å². The molecule has 144 valence electrons. The summed E-state index contributed by atoms with van der Waals surface area (Å²) in [6.07, 6.45) is 14.6. The molecule has 0 atom stereocenters. The van der Waals surface area contributed by atoms with Crippen molar-refractivity contribution < 1.29 is 0 Å². The molecule has 0 aromatic heterocycles. The summed E-state index contributed by atoms with van der Waals surface area (Å²) in [6, 6.07) is 19.5. The summed E-state index contributed by atoms with van der Waals surface area (Å²) < 4.78 is 0. The minimum atomic E-state index is 0.675. The molecule has 0 unspecified atom stereocenters. The molecule has 2 aromatic carbocycles. The Morgan fingerprint density at radius 1 is 0.519 bits per heavy atom. The van der Waals surface area contributed by atoms with Crippen molar-refractivity contribution in [2.75, 3.05) is 10.6 Å². The predicted molar refractivity (Wildman–Crippen MR) is 117 cm³/mol. The van der Waals surface area contributed by atoms with Crippen LogP contribution < -0.4 is 10.6 Å². The Labute approximate surface area is 164 Å². The van der Waals surface area contributed by atoms with Crippen molar-refractivity contribution in [3.63, 3.8) is 0 Å². The SMILES string of the molecule is c1cc(NC2CCCCC2)ccc1Cc1ccc(NC2CCCCC2)cc1. The zero-order chi connectivity index (χ0) is 18.3. The molecule has 0 radical (unpaired) electrons. The van der Waals surface area contributed by atoms with Gasteiger partial charge in [0.2, 0.25) is 0 Å². The van der Waals surface area contributed by atoms with Gasteiger partial charge in [0.25, 0.3) is 0 Å². The largest absolute Gasteiger partial charge is 0.382 e. The summed E-state index contributed by atoms with van der Waals surface area (Å²) in [4.78, 5) is 0. The van der Waals surface area contributed by atoms with Gasteiger partial charge in [-0.3, -0.25) is 0 Å². The molecule has 2 N–H and O–H groups in total. The van der Waals surface area contributed by atoms with Gasteiger partial charge in [-0.25, -0.2) is 0 Å². The number of hydrogen-bond acceptors (Lipinski definition) is 2. The van der Waals surface area contributed by atoms with Crippen LogP contribution in [-0.4, -0.2) is 12.1 Å². The topological polar surface area (TPSA) is 24.1 Å². The highest BCUT2D eigenvalue weighted by molar-refractivity contribution is 5.48. The van der Waals surface area contributed by atoms with Crippen LogP contribution in [0.2, 0.25) is 0 Å². The molecule has 2 nitrogen and oxygen atoms in total. The van der Waals surface area contributed by atoms with Crippen LogP contribution in [0.3, 0.4) is 0 Å². The van der Waals surface area contributed by atoms with Crippen molar-refractivity contribution in [3.8, 4) is 0 Å². The van der Waals surface area contributed by atoms with E-state index in [1.165, 1.54) is 86.7 Å². The van der Waals surface area contributed by atoms with Crippen molar-refractivity contribution >= 4 is 11.4 Å². The molecule has 2 aliphatic rings. The maximum Gasteiger partial charge on any atom is 0.0342 e. The zero-order valence-corrected chi connectivity index (χ0v) is 16.6. The molecule has 0 heterocycles. The van der Waals surface area contributed by atoms with Crippen molar-refractivity contribution in [3.05, 3.63) is 59.7 Å². The lowest BCUT2D eigenvalue weighted by molar-refractivity contribution is 0.463. The first-order valence-corrected chi connectivity index (χ1v) is 11.1. The molecule has 0 amide bonds. The molecule has 0 bridgehead atoms. The monoisotopic (exact) mass is 362 g/mol. The van der Waals surface area contributed by atoms with E-state index >= 15 is 0 Å². The van der Waals surface area contributed by atoms with E-state index in [9.17, 15) is 0 Å². The molecule has 2 fully saturated rings. The van der Waals surface area contributed by atoms with Crippen molar-refractivity contribution in [2.24, 2.45) is 0 Å². The lowest BCUT2D eigenvalue weighted by Crippen LogP contribution is -2.22. The van der Waals surface area contributed by atoms with Gasteiger partial charge < -0.3 is 10.6 Å². The van der Waals surface area contributed by atoms with Gasteiger partial charge in [-0.2, -0.15) is 0 Å². The van der Waals surface area contributed by atoms with Gasteiger partial charge in [0.05, 0.1) is 0 Å². The average molecular weight is 363 g/mol. The van der Waals surface area contributed by atoms with Gasteiger partial charge in [-0.1, -0.05) is 62.8 Å². The third-order valence-corrected chi connectivity index (χ3v) is 6.27. The summed E-state index contributed by atoms with van der Waals surface area (Å²) in [5.41, 5.74) is 5.32. The highest BCUT2D eigenvalue weighted by Crippen LogP contribution is 2.24. The fraction of sp³-hybridized carbons (Fsp3) is 0.520. The molecular formula is C25H34N2. The lowest BCUT2D eigenvalue weighted by atomic mass is 9.95. The average Bonchev–Trinajstić information content (AvgIpc) is 2.73. The van der Waals surface area contributed by atoms with Crippen LogP contribution in [0, 0.1) is 0 Å². The first-order valence-electron chi connectivity index (χ1n) is 11.1. The Bertz CT molecular complexity index is 616. The van der Waals surface area contributed by atoms with Crippen LogP contribution in [-0.2, 0) is 6.42 Å². The summed E-state index contributed by atoms with van der Waals surface area (Å²) in [5.74, 6) is 0. The van der Waals surface area contributed by atoms with Gasteiger partial charge >= 0.3 is 0 Å². The van der Waals surface area contributed by atoms with E-state index in [1.54, 1.807) is 0 Å². The molecule has 0 spiro atoms. The number of nitrogens with one attached hydrogen (secondary N) is 2. The zero-order valence-electron chi connectivity index (χ0n) is 16.6. The summed E-state index contributed by atoms with van der Waals surface area (Å²) in [7, 11) is 0. The maximum atomic E-state index is 3.71. The van der Waals surface area contributed by atoms with E-state index in [2.05, 4.69) is 59.2 Å². The van der Waals surface area contributed by atoms with Crippen LogP contribution in [0.1, 0.15) is 75.3 Å². The number of hydrogen-bond donors (Lipinski definition) is 2. The number of benzene rings is 2. The highest BCUT2D eigenvalue weighted by Gasteiger charge is 2.13. The van der Waals surface area contributed by atoms with E-state index in [0.29, 0.717) is 12.1 Å². The Kier molecular flexibility index (Phi) is 6.34. The minimum absolute atomic E-state index is 0.675. The van der Waals surface area contributed by atoms with Gasteiger partial charge in [-0.15, -0.1) is 0 Å². The Balaban J connectivity index is 1.29. The molecular weight excluding hydrogens is 328 g/mol. The van der Waals surface area contributed by atoms with Gasteiger partial charge in [0.1, 0.15) is 0 Å². The van der Waals surface area contributed by atoms with Gasteiger partial charge in [-0.05, 0) is 67.5 Å². The van der Waals surface area contributed by atoms with Crippen LogP contribution in [0.15, 0.2) is 48.5 Å². The third-order valence-electron chi connectivity index (χ3n) is 6.27. The Morgan fingerprint density at radius 2 is 0.889 bits per heavy atom. The Hall–Kier alpha value is -1.96. The summed E-state index contributed by atoms with van der Waals surface area (Å²) in [6.45, 7) is 0. The summed E-state index contributed by atoms with van der Waals surface area (Å²) >= 11 is 0. The molecule has 2 aromatic rings. The second kappa shape index (κ2) is 9.30.